The summed E-state index contributed by atoms with van der Waals surface area (Å²) in [5.41, 5.74) is 0.773. The molecule has 1 aromatic heterocycles. The summed E-state index contributed by atoms with van der Waals surface area (Å²) in [6, 6.07) is 8.93. The molecule has 0 radical (unpaired) electrons. The third-order valence-electron chi connectivity index (χ3n) is 5.31. The van der Waals surface area contributed by atoms with E-state index in [4.69, 9.17) is 26.1 Å². The van der Waals surface area contributed by atoms with Crippen molar-refractivity contribution in [2.75, 3.05) is 26.8 Å². The quantitative estimate of drug-likeness (QED) is 0.444. The molecule has 32 heavy (non-hydrogen) atoms. The number of methoxy groups -OCH3 is 1. The van der Waals surface area contributed by atoms with Gasteiger partial charge in [0.15, 0.2) is 18.1 Å². The summed E-state index contributed by atoms with van der Waals surface area (Å²) in [6.45, 7) is 1.85. The number of thioether (sulfide) groups is 1. The molecule has 7 nitrogen and oxygen atoms in total. The molecule has 0 saturated carbocycles. The maximum Gasteiger partial charge on any atom is 0.266 e. The van der Waals surface area contributed by atoms with Crippen molar-refractivity contribution in [3.63, 3.8) is 0 Å². The predicted octanol–water partition coefficient (Wildman–Crippen LogP) is 4.08. The Morgan fingerprint density at radius 3 is 2.75 bits per heavy atom. The number of furan rings is 1. The SMILES string of the molecule is COc1cc(/C=C2\SC(=S)N(Cc3ccco3)C2=O)ccc1OCC(=O)N1CCCCC1. The fourth-order valence-electron chi connectivity index (χ4n) is 3.61. The van der Waals surface area contributed by atoms with Gasteiger partial charge in [0, 0.05) is 13.1 Å². The van der Waals surface area contributed by atoms with Crippen molar-refractivity contribution >= 4 is 46.2 Å². The van der Waals surface area contributed by atoms with E-state index in [0.29, 0.717) is 33.0 Å². The van der Waals surface area contributed by atoms with E-state index in [1.165, 1.54) is 23.1 Å². The molecule has 0 spiro atoms. The highest BCUT2D eigenvalue weighted by Gasteiger charge is 2.32. The lowest BCUT2D eigenvalue weighted by molar-refractivity contribution is -0.134. The standard InChI is InChI=1S/C23H24N2O5S2/c1-28-19-12-16(7-8-18(19)30-15-21(26)24-9-3-2-4-10-24)13-20-22(27)25(23(31)32-20)14-17-6-5-11-29-17/h5-8,11-13H,2-4,9-10,14-15H2,1H3/b20-13-. The fourth-order valence-corrected chi connectivity index (χ4v) is 4.87. The first-order valence-corrected chi connectivity index (χ1v) is 11.6. The molecule has 9 heteroatoms. The number of rotatable bonds is 7. The molecule has 2 aliphatic heterocycles. The highest BCUT2D eigenvalue weighted by Crippen LogP contribution is 2.35. The minimum absolute atomic E-state index is 0.0175. The summed E-state index contributed by atoms with van der Waals surface area (Å²) in [4.78, 5) is 29.1. The van der Waals surface area contributed by atoms with Gasteiger partial charge in [-0.1, -0.05) is 30.0 Å². The van der Waals surface area contributed by atoms with Gasteiger partial charge in [-0.2, -0.15) is 0 Å². The van der Waals surface area contributed by atoms with E-state index in [2.05, 4.69) is 0 Å². The summed E-state index contributed by atoms with van der Waals surface area (Å²) in [7, 11) is 1.54. The normalized spacial score (nSPS) is 17.8. The number of hydrogen-bond acceptors (Lipinski definition) is 7. The largest absolute Gasteiger partial charge is 0.493 e. The number of hydrogen-bond donors (Lipinski definition) is 0. The number of benzene rings is 1. The predicted molar refractivity (Wildman–Crippen MR) is 126 cm³/mol. The smallest absolute Gasteiger partial charge is 0.266 e. The average Bonchev–Trinajstić information content (AvgIpc) is 3.42. The molecule has 0 aliphatic carbocycles. The Labute approximate surface area is 196 Å². The van der Waals surface area contributed by atoms with Crippen molar-refractivity contribution < 1.29 is 23.5 Å². The van der Waals surface area contributed by atoms with Crippen LogP contribution < -0.4 is 9.47 Å². The molecule has 3 heterocycles. The van der Waals surface area contributed by atoms with Crippen LogP contribution >= 0.6 is 24.0 Å². The van der Waals surface area contributed by atoms with Crippen molar-refractivity contribution in [1.82, 2.24) is 9.80 Å². The molecule has 0 N–H and O–H groups in total. The van der Waals surface area contributed by atoms with Gasteiger partial charge in [-0.05, 0) is 55.2 Å². The second-order valence-corrected chi connectivity index (χ2v) is 9.16. The Balaban J connectivity index is 1.43. The average molecular weight is 473 g/mol. The second kappa shape index (κ2) is 10.2. The van der Waals surface area contributed by atoms with Gasteiger partial charge in [0.25, 0.3) is 11.8 Å². The summed E-state index contributed by atoms with van der Waals surface area (Å²) >= 11 is 6.62. The second-order valence-electron chi connectivity index (χ2n) is 7.49. The van der Waals surface area contributed by atoms with Gasteiger partial charge < -0.3 is 18.8 Å². The Morgan fingerprint density at radius 2 is 2.03 bits per heavy atom. The van der Waals surface area contributed by atoms with Crippen LogP contribution in [0.2, 0.25) is 0 Å². The van der Waals surface area contributed by atoms with Gasteiger partial charge in [0.2, 0.25) is 0 Å². The Bertz CT molecular complexity index is 1030. The maximum absolute atomic E-state index is 12.8. The van der Waals surface area contributed by atoms with Crippen LogP contribution in [0.15, 0.2) is 45.9 Å². The number of piperidine rings is 1. The minimum Gasteiger partial charge on any atom is -0.493 e. The van der Waals surface area contributed by atoms with Crippen molar-refractivity contribution in [3.05, 3.63) is 52.8 Å². The molecule has 0 bridgehead atoms. The molecule has 2 aromatic rings. The molecule has 1 aromatic carbocycles. The van der Waals surface area contributed by atoms with E-state index in [1.807, 2.05) is 17.0 Å². The van der Waals surface area contributed by atoms with Crippen molar-refractivity contribution in [2.24, 2.45) is 0 Å². The molecule has 4 rings (SSSR count). The maximum atomic E-state index is 12.8. The number of likely N-dealkylation sites (tertiary alicyclic amines) is 1. The van der Waals surface area contributed by atoms with Crippen LogP contribution in [0.25, 0.3) is 6.08 Å². The van der Waals surface area contributed by atoms with Gasteiger partial charge in [-0.3, -0.25) is 14.5 Å². The van der Waals surface area contributed by atoms with Gasteiger partial charge in [0.05, 0.1) is 24.8 Å². The Kier molecular flexibility index (Phi) is 7.16. The van der Waals surface area contributed by atoms with Gasteiger partial charge in [-0.15, -0.1) is 0 Å². The number of carbonyl (C=O) groups excluding carboxylic acids is 2. The Morgan fingerprint density at radius 1 is 1.22 bits per heavy atom. The van der Waals surface area contributed by atoms with E-state index in [9.17, 15) is 9.59 Å². The zero-order chi connectivity index (χ0) is 22.5. The molecule has 0 unspecified atom stereocenters. The summed E-state index contributed by atoms with van der Waals surface area (Å²) in [5, 5.41) is 0. The Hall–Kier alpha value is -2.78. The van der Waals surface area contributed by atoms with E-state index in [-0.39, 0.29) is 18.4 Å². The van der Waals surface area contributed by atoms with Crippen molar-refractivity contribution in [1.29, 1.82) is 0 Å². The van der Waals surface area contributed by atoms with E-state index >= 15 is 0 Å². The molecule has 2 fully saturated rings. The van der Waals surface area contributed by atoms with Crippen molar-refractivity contribution in [2.45, 2.75) is 25.8 Å². The topological polar surface area (TPSA) is 72.2 Å². The van der Waals surface area contributed by atoms with Crippen molar-refractivity contribution in [3.8, 4) is 11.5 Å². The molecule has 2 amide bonds. The number of nitrogens with zero attached hydrogens (tertiary/aromatic N) is 2. The number of ether oxygens (including phenoxy) is 2. The molecular weight excluding hydrogens is 448 g/mol. The van der Waals surface area contributed by atoms with E-state index < -0.39 is 0 Å². The zero-order valence-electron chi connectivity index (χ0n) is 17.7. The lowest BCUT2D eigenvalue weighted by Gasteiger charge is -2.26. The molecule has 168 valence electrons. The van der Waals surface area contributed by atoms with Crippen LogP contribution in [0.5, 0.6) is 11.5 Å². The molecular formula is C23H24N2O5S2. The minimum atomic E-state index is -0.164. The summed E-state index contributed by atoms with van der Waals surface area (Å²) in [5.74, 6) is 1.47. The van der Waals surface area contributed by atoms with Crippen LogP contribution in [0.4, 0.5) is 0 Å². The first-order chi connectivity index (χ1) is 15.5. The van der Waals surface area contributed by atoms with Crippen LogP contribution in [0.1, 0.15) is 30.6 Å². The van der Waals surface area contributed by atoms with E-state index in [1.54, 1.807) is 37.6 Å². The fraction of sp³-hybridized carbons (Fsp3) is 0.348. The van der Waals surface area contributed by atoms with Crippen LogP contribution in [0.3, 0.4) is 0 Å². The van der Waals surface area contributed by atoms with Gasteiger partial charge >= 0.3 is 0 Å². The summed E-state index contributed by atoms with van der Waals surface area (Å²) < 4.78 is 17.0. The first-order valence-electron chi connectivity index (χ1n) is 10.4. The van der Waals surface area contributed by atoms with Gasteiger partial charge in [0.1, 0.15) is 10.1 Å². The van der Waals surface area contributed by atoms with E-state index in [0.717, 1.165) is 31.5 Å². The highest BCUT2D eigenvalue weighted by atomic mass is 32.2. The number of thiocarbonyl (C=S) groups is 1. The van der Waals surface area contributed by atoms with Crippen LogP contribution in [-0.2, 0) is 16.1 Å². The third kappa shape index (κ3) is 5.16. The summed E-state index contributed by atoms with van der Waals surface area (Å²) in [6.07, 6.45) is 6.59. The highest BCUT2D eigenvalue weighted by molar-refractivity contribution is 8.26. The lowest BCUT2D eigenvalue weighted by atomic mass is 10.1. The lowest BCUT2D eigenvalue weighted by Crippen LogP contribution is -2.38. The molecule has 2 aliphatic rings. The number of carbonyl (C=O) groups is 2. The van der Waals surface area contributed by atoms with Gasteiger partial charge in [-0.25, -0.2) is 0 Å². The van der Waals surface area contributed by atoms with Crippen LogP contribution in [-0.4, -0.2) is 52.7 Å². The molecule has 0 atom stereocenters. The van der Waals surface area contributed by atoms with Crippen LogP contribution in [0, 0.1) is 0 Å². The number of amides is 2. The third-order valence-corrected chi connectivity index (χ3v) is 6.69. The zero-order valence-corrected chi connectivity index (χ0v) is 19.4. The monoisotopic (exact) mass is 472 g/mol. The molecule has 2 saturated heterocycles. The first kappa shape index (κ1) is 22.4.